The number of aliphatic hydroxyl groups is 4. The number of halogens is 4. The average Bonchev–Trinajstić information content (AvgIpc) is 2.78. The first-order valence-corrected chi connectivity index (χ1v) is 19.3. The zero-order valence-electron chi connectivity index (χ0n) is 25.4. The number of hydrogen-bond donors (Lipinski definition) is 4. The van der Waals surface area contributed by atoms with Crippen LogP contribution in [-0.4, -0.2) is 61.5 Å². The zero-order chi connectivity index (χ0) is 30.1. The van der Waals surface area contributed by atoms with E-state index in [2.05, 4.69) is 139 Å². The number of alkyl halides is 4. The molecule has 38 heavy (non-hydrogen) atoms. The lowest BCUT2D eigenvalue weighted by atomic mass is 9.60. The molecule has 0 spiro atoms. The standard InChI is InChI=1S/C10H16I4.C10H20O4.C10H20/c2*1-9(2)4-10(3,5-11)8(14)6(12)7(9)13;1-9(2)6-5-7-10(3,4)8-9/h6-8H,4-5H2,1-3H3;6-8,11-14H,4-5H2,1-3H3;5-8H2,1-4H3. The summed E-state index contributed by atoms with van der Waals surface area (Å²) in [7, 11) is 0. The minimum atomic E-state index is -1.18. The third-order valence-corrected chi connectivity index (χ3v) is 19.9. The molecule has 0 saturated heterocycles. The van der Waals surface area contributed by atoms with Crippen molar-refractivity contribution in [3.05, 3.63) is 0 Å². The fraction of sp³-hybridized carbons (Fsp3) is 1.00. The maximum atomic E-state index is 9.73. The summed E-state index contributed by atoms with van der Waals surface area (Å²) in [6.07, 6.45) is 4.33. The van der Waals surface area contributed by atoms with Gasteiger partial charge in [0.1, 0.15) is 6.10 Å². The first kappa shape index (κ1) is 38.8. The van der Waals surface area contributed by atoms with Gasteiger partial charge in [0, 0.05) is 21.6 Å². The second kappa shape index (κ2) is 14.2. The summed E-state index contributed by atoms with van der Waals surface area (Å²) in [4.78, 5) is 0. The number of hydrogen-bond acceptors (Lipinski definition) is 4. The molecule has 0 aromatic heterocycles. The molecule has 8 heteroatoms. The normalized spacial score (nSPS) is 43.1. The highest BCUT2D eigenvalue weighted by Gasteiger charge is 2.53. The lowest BCUT2D eigenvalue weighted by molar-refractivity contribution is -0.197. The Balaban J connectivity index is 0.000000290. The molecule has 228 valence electrons. The second-order valence-corrected chi connectivity index (χ2v) is 20.8. The molecule has 3 aliphatic rings. The van der Waals surface area contributed by atoms with Gasteiger partial charge >= 0.3 is 0 Å². The minimum absolute atomic E-state index is 0.193. The summed E-state index contributed by atoms with van der Waals surface area (Å²) < 4.78 is 3.70. The second-order valence-electron chi connectivity index (χ2n) is 15.9. The van der Waals surface area contributed by atoms with Crippen molar-refractivity contribution in [3.8, 4) is 0 Å². The van der Waals surface area contributed by atoms with Gasteiger partial charge in [0.15, 0.2) is 0 Å². The van der Waals surface area contributed by atoms with Gasteiger partial charge < -0.3 is 20.4 Å². The Morgan fingerprint density at radius 3 is 1.45 bits per heavy atom. The van der Waals surface area contributed by atoms with Gasteiger partial charge in [-0.2, -0.15) is 0 Å². The van der Waals surface area contributed by atoms with Crippen LogP contribution in [0.4, 0.5) is 0 Å². The van der Waals surface area contributed by atoms with E-state index < -0.39 is 29.1 Å². The van der Waals surface area contributed by atoms with Gasteiger partial charge in [0.25, 0.3) is 0 Å². The van der Waals surface area contributed by atoms with Crippen molar-refractivity contribution in [1.82, 2.24) is 0 Å². The van der Waals surface area contributed by atoms with Crippen LogP contribution in [0.25, 0.3) is 0 Å². The fourth-order valence-electron chi connectivity index (χ4n) is 7.28. The van der Waals surface area contributed by atoms with Crippen molar-refractivity contribution in [1.29, 1.82) is 0 Å². The van der Waals surface area contributed by atoms with Crippen molar-refractivity contribution in [3.63, 3.8) is 0 Å². The molecule has 0 radical (unpaired) electrons. The third-order valence-electron chi connectivity index (χ3n) is 9.18. The topological polar surface area (TPSA) is 80.9 Å². The number of aliphatic hydroxyl groups excluding tert-OH is 4. The smallest absolute Gasteiger partial charge is 0.107 e. The molecule has 0 aliphatic heterocycles. The highest BCUT2D eigenvalue weighted by molar-refractivity contribution is 14.1. The SMILES string of the molecule is CC1(C)CC(C)(CI)C(I)C(I)C1I.CC1(C)CC(C)(CO)C(O)C(O)C1O.CC1(C)CCCC(C)(C)C1. The average molecular weight is 988 g/mol. The van der Waals surface area contributed by atoms with Gasteiger partial charge in [-0.15, -0.1) is 0 Å². The molecule has 3 saturated carbocycles. The van der Waals surface area contributed by atoms with E-state index in [1.54, 1.807) is 6.92 Å². The molecule has 8 unspecified atom stereocenters. The van der Waals surface area contributed by atoms with Crippen LogP contribution in [0.5, 0.6) is 0 Å². The fourth-order valence-corrected chi connectivity index (χ4v) is 13.0. The molecular weight excluding hydrogens is 932 g/mol. The summed E-state index contributed by atoms with van der Waals surface area (Å²) in [6, 6.07) is 0. The Labute approximate surface area is 289 Å². The van der Waals surface area contributed by atoms with E-state index in [1.807, 2.05) is 13.8 Å². The van der Waals surface area contributed by atoms with E-state index in [1.165, 1.54) is 36.5 Å². The van der Waals surface area contributed by atoms with E-state index >= 15 is 0 Å². The van der Waals surface area contributed by atoms with E-state index in [-0.39, 0.29) is 6.61 Å². The molecule has 4 nitrogen and oxygen atoms in total. The maximum Gasteiger partial charge on any atom is 0.107 e. The quantitative estimate of drug-likeness (QED) is 0.166. The molecule has 0 amide bonds. The summed E-state index contributed by atoms with van der Waals surface area (Å²) in [6.45, 7) is 22.1. The largest absolute Gasteiger partial charge is 0.396 e. The van der Waals surface area contributed by atoms with E-state index in [9.17, 15) is 20.4 Å². The first-order valence-electron chi connectivity index (χ1n) is 14.0. The Bertz CT molecular complexity index is 699. The Morgan fingerprint density at radius 2 is 1.08 bits per heavy atom. The monoisotopic (exact) mass is 988 g/mol. The highest BCUT2D eigenvalue weighted by atomic mass is 127. The van der Waals surface area contributed by atoms with Crippen molar-refractivity contribution in [2.45, 2.75) is 138 Å². The Morgan fingerprint density at radius 1 is 0.632 bits per heavy atom. The van der Waals surface area contributed by atoms with Crippen molar-refractivity contribution < 1.29 is 20.4 Å². The van der Waals surface area contributed by atoms with Crippen LogP contribution in [0.3, 0.4) is 0 Å². The predicted octanol–water partition coefficient (Wildman–Crippen LogP) is 8.38. The first-order chi connectivity index (χ1) is 16.9. The third kappa shape index (κ3) is 9.89. The predicted molar refractivity (Wildman–Crippen MR) is 196 cm³/mol. The van der Waals surface area contributed by atoms with Gasteiger partial charge in [-0.25, -0.2) is 0 Å². The molecule has 4 N–H and O–H groups in total. The highest BCUT2D eigenvalue weighted by Crippen LogP contribution is 2.55. The number of rotatable bonds is 2. The van der Waals surface area contributed by atoms with Gasteiger partial charge in [-0.05, 0) is 59.2 Å². The van der Waals surface area contributed by atoms with Crippen molar-refractivity contribution in [2.24, 2.45) is 32.5 Å². The van der Waals surface area contributed by atoms with Crippen molar-refractivity contribution in [2.75, 3.05) is 11.0 Å². The lowest BCUT2D eigenvalue weighted by Crippen LogP contribution is -2.60. The molecular formula is C30H56I4O4. The van der Waals surface area contributed by atoms with Gasteiger partial charge in [-0.3, -0.25) is 0 Å². The Hall–Kier alpha value is 2.76. The molecule has 3 aliphatic carbocycles. The lowest BCUT2D eigenvalue weighted by Gasteiger charge is -2.51. The van der Waals surface area contributed by atoms with Crippen LogP contribution in [0, 0.1) is 32.5 Å². The van der Waals surface area contributed by atoms with Crippen LogP contribution in [0.2, 0.25) is 0 Å². The van der Waals surface area contributed by atoms with Crippen LogP contribution >= 0.6 is 90.4 Å². The summed E-state index contributed by atoms with van der Waals surface area (Å²) in [5.74, 6) is 0. The van der Waals surface area contributed by atoms with E-state index in [0.29, 0.717) is 28.1 Å². The van der Waals surface area contributed by atoms with Gasteiger partial charge in [0.2, 0.25) is 0 Å². The summed E-state index contributed by atoms with van der Waals surface area (Å²) in [5.41, 5.74) is 1.02. The summed E-state index contributed by atoms with van der Waals surface area (Å²) in [5, 5.41) is 38.3. The minimum Gasteiger partial charge on any atom is -0.396 e. The van der Waals surface area contributed by atoms with Crippen molar-refractivity contribution >= 4 is 90.4 Å². The van der Waals surface area contributed by atoms with Crippen LogP contribution in [0.1, 0.15) is 108 Å². The molecule has 0 heterocycles. The summed E-state index contributed by atoms with van der Waals surface area (Å²) >= 11 is 10.6. The zero-order valence-corrected chi connectivity index (χ0v) is 34.1. The van der Waals surface area contributed by atoms with Gasteiger partial charge in [0.05, 0.1) is 18.8 Å². The van der Waals surface area contributed by atoms with Crippen LogP contribution in [0.15, 0.2) is 0 Å². The molecule has 0 bridgehead atoms. The molecule has 3 fully saturated rings. The molecule has 8 atom stereocenters. The van der Waals surface area contributed by atoms with E-state index in [0.717, 1.165) is 11.8 Å². The molecule has 0 aromatic rings. The molecule has 0 aromatic carbocycles. The molecule has 3 rings (SSSR count). The van der Waals surface area contributed by atoms with E-state index in [4.69, 9.17) is 0 Å². The maximum absolute atomic E-state index is 9.73. The van der Waals surface area contributed by atoms with Crippen LogP contribution in [-0.2, 0) is 0 Å². The van der Waals surface area contributed by atoms with Gasteiger partial charge in [-0.1, -0.05) is 166 Å². The Kier molecular flexibility index (Phi) is 14.5. The van der Waals surface area contributed by atoms with Crippen LogP contribution < -0.4 is 0 Å².